The van der Waals surface area contributed by atoms with Gasteiger partial charge in [-0.15, -0.1) is 0 Å². The molecule has 0 saturated carbocycles. The number of carbonyl (C=O) groups is 2. The van der Waals surface area contributed by atoms with E-state index in [1.807, 2.05) is 13.0 Å². The van der Waals surface area contributed by atoms with Crippen LogP contribution >= 0.6 is 0 Å². The van der Waals surface area contributed by atoms with E-state index in [2.05, 4.69) is 0 Å². The van der Waals surface area contributed by atoms with Crippen LogP contribution in [0.15, 0.2) is 48.5 Å². The maximum absolute atomic E-state index is 12.4. The van der Waals surface area contributed by atoms with Gasteiger partial charge in [0.25, 0.3) is 0 Å². The van der Waals surface area contributed by atoms with E-state index >= 15 is 0 Å². The van der Waals surface area contributed by atoms with Crippen molar-refractivity contribution in [3.8, 4) is 0 Å². The normalized spacial score (nSPS) is 10.0. The number of esters is 1. The summed E-state index contributed by atoms with van der Waals surface area (Å²) in [4.78, 5) is 24.1. The van der Waals surface area contributed by atoms with Crippen LogP contribution in [0.5, 0.6) is 0 Å². The van der Waals surface area contributed by atoms with E-state index in [0.717, 1.165) is 5.56 Å². The van der Waals surface area contributed by atoms with Gasteiger partial charge in [0.05, 0.1) is 12.7 Å². The molecule has 0 unspecified atom stereocenters. The summed E-state index contributed by atoms with van der Waals surface area (Å²) in [5, 5.41) is 0. The van der Waals surface area contributed by atoms with E-state index in [4.69, 9.17) is 4.74 Å². The Morgan fingerprint density at radius 1 is 0.947 bits per heavy atom. The smallest absolute Gasteiger partial charge is 0.338 e. The Kier molecular flexibility index (Phi) is 3.76. The maximum atomic E-state index is 12.4. The van der Waals surface area contributed by atoms with E-state index in [-0.39, 0.29) is 5.78 Å². The summed E-state index contributed by atoms with van der Waals surface area (Å²) in [5.74, 6) is -0.677. The topological polar surface area (TPSA) is 43.4 Å². The fraction of sp³-hybridized carbons (Fsp3) is 0.125. The lowest BCUT2D eigenvalue weighted by molar-refractivity contribution is 0.0597. The SMILES string of the molecule is COC(=O)c1ccc(C)cc1C(=O)c1ccccc1. The van der Waals surface area contributed by atoms with Gasteiger partial charge in [-0.2, -0.15) is 0 Å². The number of aryl methyl sites for hydroxylation is 1. The number of rotatable bonds is 3. The van der Waals surface area contributed by atoms with Crippen molar-refractivity contribution in [1.82, 2.24) is 0 Å². The van der Waals surface area contributed by atoms with Gasteiger partial charge >= 0.3 is 5.97 Å². The number of ether oxygens (including phenoxy) is 1. The minimum absolute atomic E-state index is 0.176. The number of benzene rings is 2. The van der Waals surface area contributed by atoms with Gasteiger partial charge in [0, 0.05) is 11.1 Å². The number of ketones is 1. The van der Waals surface area contributed by atoms with Crippen LogP contribution in [0.3, 0.4) is 0 Å². The number of hydrogen-bond donors (Lipinski definition) is 0. The van der Waals surface area contributed by atoms with Gasteiger partial charge in [-0.25, -0.2) is 4.79 Å². The molecule has 2 aromatic carbocycles. The van der Waals surface area contributed by atoms with Gasteiger partial charge in [0.15, 0.2) is 5.78 Å². The Morgan fingerprint density at radius 2 is 1.63 bits per heavy atom. The van der Waals surface area contributed by atoms with Crippen LogP contribution in [-0.4, -0.2) is 18.9 Å². The van der Waals surface area contributed by atoms with Gasteiger partial charge in [-0.3, -0.25) is 4.79 Å². The third-order valence-corrected chi connectivity index (χ3v) is 2.86. The molecule has 0 heterocycles. The third-order valence-electron chi connectivity index (χ3n) is 2.86. The molecule has 19 heavy (non-hydrogen) atoms. The second-order valence-electron chi connectivity index (χ2n) is 4.24. The van der Waals surface area contributed by atoms with Crippen molar-refractivity contribution in [2.24, 2.45) is 0 Å². The highest BCUT2D eigenvalue weighted by atomic mass is 16.5. The van der Waals surface area contributed by atoms with Crippen LogP contribution in [0, 0.1) is 6.92 Å². The molecule has 0 atom stereocenters. The Hall–Kier alpha value is -2.42. The number of methoxy groups -OCH3 is 1. The van der Waals surface area contributed by atoms with Crippen molar-refractivity contribution >= 4 is 11.8 Å². The molecule has 0 fully saturated rings. The molecule has 0 aliphatic heterocycles. The quantitative estimate of drug-likeness (QED) is 0.624. The highest BCUT2D eigenvalue weighted by molar-refractivity contribution is 6.14. The molecule has 0 N–H and O–H groups in total. The van der Waals surface area contributed by atoms with Gasteiger partial charge < -0.3 is 4.74 Å². The van der Waals surface area contributed by atoms with Gasteiger partial charge in [-0.05, 0) is 19.1 Å². The summed E-state index contributed by atoms with van der Waals surface area (Å²) in [5.41, 5.74) is 2.14. The fourth-order valence-corrected chi connectivity index (χ4v) is 1.88. The first kappa shape index (κ1) is 13.0. The second-order valence-corrected chi connectivity index (χ2v) is 4.24. The summed E-state index contributed by atoms with van der Waals surface area (Å²) in [6.45, 7) is 1.88. The Labute approximate surface area is 111 Å². The molecular weight excluding hydrogens is 240 g/mol. The van der Waals surface area contributed by atoms with Gasteiger partial charge in [-0.1, -0.05) is 42.0 Å². The molecule has 3 heteroatoms. The molecule has 2 rings (SSSR count). The monoisotopic (exact) mass is 254 g/mol. The summed E-state index contributed by atoms with van der Waals surface area (Å²) in [6, 6.07) is 14.0. The highest BCUT2D eigenvalue weighted by Gasteiger charge is 2.18. The average Bonchev–Trinajstić information content (AvgIpc) is 2.46. The zero-order valence-corrected chi connectivity index (χ0v) is 10.8. The second kappa shape index (κ2) is 5.48. The molecule has 0 aromatic heterocycles. The lowest BCUT2D eigenvalue weighted by Gasteiger charge is -2.08. The minimum atomic E-state index is -0.501. The Balaban J connectivity index is 2.52. The molecule has 2 aromatic rings. The predicted octanol–water partition coefficient (Wildman–Crippen LogP) is 3.01. The molecule has 0 bridgehead atoms. The van der Waals surface area contributed by atoms with Crippen molar-refractivity contribution in [1.29, 1.82) is 0 Å². The Bertz CT molecular complexity index is 615. The lowest BCUT2D eigenvalue weighted by Crippen LogP contribution is -2.11. The highest BCUT2D eigenvalue weighted by Crippen LogP contribution is 2.17. The van der Waals surface area contributed by atoms with Crippen LogP contribution in [-0.2, 0) is 4.74 Å². The summed E-state index contributed by atoms with van der Waals surface area (Å²) < 4.78 is 4.71. The first-order chi connectivity index (χ1) is 9.13. The van der Waals surface area contributed by atoms with Crippen molar-refractivity contribution < 1.29 is 14.3 Å². The zero-order chi connectivity index (χ0) is 13.8. The van der Waals surface area contributed by atoms with E-state index in [1.54, 1.807) is 42.5 Å². The van der Waals surface area contributed by atoms with E-state index < -0.39 is 5.97 Å². The minimum Gasteiger partial charge on any atom is -0.465 e. The average molecular weight is 254 g/mol. The standard InChI is InChI=1S/C16H14O3/c1-11-8-9-13(16(18)19-2)14(10-11)15(17)12-6-4-3-5-7-12/h3-10H,1-2H3. The largest absolute Gasteiger partial charge is 0.465 e. The van der Waals surface area contributed by atoms with Crippen molar-refractivity contribution in [2.75, 3.05) is 7.11 Å². The Morgan fingerprint density at radius 3 is 2.26 bits per heavy atom. The molecule has 0 radical (unpaired) electrons. The van der Waals surface area contributed by atoms with Crippen molar-refractivity contribution in [2.45, 2.75) is 6.92 Å². The molecule has 0 aliphatic carbocycles. The third kappa shape index (κ3) is 2.71. The molecule has 0 saturated heterocycles. The molecule has 0 aliphatic rings. The van der Waals surface area contributed by atoms with Crippen LogP contribution in [0.2, 0.25) is 0 Å². The summed E-state index contributed by atoms with van der Waals surface area (Å²) in [6.07, 6.45) is 0. The van der Waals surface area contributed by atoms with E-state index in [1.165, 1.54) is 7.11 Å². The zero-order valence-electron chi connectivity index (χ0n) is 10.8. The van der Waals surface area contributed by atoms with Crippen LogP contribution in [0.4, 0.5) is 0 Å². The summed E-state index contributed by atoms with van der Waals surface area (Å²) in [7, 11) is 1.30. The van der Waals surface area contributed by atoms with Crippen LogP contribution < -0.4 is 0 Å². The molecule has 3 nitrogen and oxygen atoms in total. The lowest BCUT2D eigenvalue weighted by atomic mass is 9.96. The molecule has 96 valence electrons. The van der Waals surface area contributed by atoms with Crippen LogP contribution in [0.1, 0.15) is 31.8 Å². The first-order valence-corrected chi connectivity index (χ1v) is 5.92. The number of hydrogen-bond acceptors (Lipinski definition) is 3. The fourth-order valence-electron chi connectivity index (χ4n) is 1.88. The number of carbonyl (C=O) groups excluding carboxylic acids is 2. The van der Waals surface area contributed by atoms with Gasteiger partial charge in [0.2, 0.25) is 0 Å². The van der Waals surface area contributed by atoms with Crippen molar-refractivity contribution in [3.05, 3.63) is 70.8 Å². The van der Waals surface area contributed by atoms with E-state index in [0.29, 0.717) is 16.7 Å². The molecule has 0 spiro atoms. The van der Waals surface area contributed by atoms with E-state index in [9.17, 15) is 9.59 Å². The molecule has 0 amide bonds. The first-order valence-electron chi connectivity index (χ1n) is 5.92. The van der Waals surface area contributed by atoms with Crippen LogP contribution in [0.25, 0.3) is 0 Å². The maximum Gasteiger partial charge on any atom is 0.338 e. The molecular formula is C16H14O3. The van der Waals surface area contributed by atoms with Gasteiger partial charge in [0.1, 0.15) is 0 Å². The summed E-state index contributed by atoms with van der Waals surface area (Å²) >= 11 is 0. The van der Waals surface area contributed by atoms with Crippen molar-refractivity contribution in [3.63, 3.8) is 0 Å². The predicted molar refractivity (Wildman–Crippen MR) is 72.4 cm³/mol.